The molecule has 0 rings (SSSR count). The molecule has 1 atom stereocenters. The normalized spacial score (nSPS) is 13.7. The number of hydrogen-bond acceptors (Lipinski definition) is 0. The molecule has 1 radical (unpaired) electrons. The molecule has 0 aromatic carbocycles. The van der Waals surface area contributed by atoms with Crippen LogP contribution in [0.1, 0.15) is 105 Å². The molecule has 0 fully saturated rings. The van der Waals surface area contributed by atoms with E-state index in [9.17, 15) is 5.11 Å². The van der Waals surface area contributed by atoms with Crippen LogP contribution in [0.3, 0.4) is 0 Å². The molecule has 0 saturated carbocycles. The summed E-state index contributed by atoms with van der Waals surface area (Å²) in [5, 5.41) is 13.0. The summed E-state index contributed by atoms with van der Waals surface area (Å²) in [6.07, 6.45) is 14.0. The molecule has 0 N–H and O–H groups in total. The van der Waals surface area contributed by atoms with E-state index in [1.54, 1.807) is 0 Å². The molecular formula is C18H37O. The summed E-state index contributed by atoms with van der Waals surface area (Å²) in [5.74, 6) is 0.401. The van der Waals surface area contributed by atoms with Crippen molar-refractivity contribution in [1.82, 2.24) is 0 Å². The smallest absolute Gasteiger partial charge is 0.106 e. The van der Waals surface area contributed by atoms with Crippen LogP contribution in [0.4, 0.5) is 0 Å². The Morgan fingerprint density at radius 2 is 1.26 bits per heavy atom. The first kappa shape index (κ1) is 19.0. The number of rotatable bonds is 13. The minimum Gasteiger partial charge on any atom is -0.229 e. The van der Waals surface area contributed by atoms with E-state index >= 15 is 0 Å². The van der Waals surface area contributed by atoms with Crippen LogP contribution >= 0.6 is 0 Å². The zero-order chi connectivity index (χ0) is 14.6. The van der Waals surface area contributed by atoms with Crippen molar-refractivity contribution in [3.8, 4) is 0 Å². The molecule has 0 aliphatic heterocycles. The molecule has 0 aliphatic rings. The van der Waals surface area contributed by atoms with Gasteiger partial charge in [0.1, 0.15) is 5.60 Å². The quantitative estimate of drug-likeness (QED) is 0.339. The van der Waals surface area contributed by atoms with Crippen LogP contribution in [0.2, 0.25) is 0 Å². The first-order valence-corrected chi connectivity index (χ1v) is 8.84. The van der Waals surface area contributed by atoms with E-state index in [2.05, 4.69) is 27.7 Å². The first-order valence-electron chi connectivity index (χ1n) is 8.84. The molecule has 0 spiro atoms. The van der Waals surface area contributed by atoms with Crippen LogP contribution in [0.25, 0.3) is 0 Å². The lowest BCUT2D eigenvalue weighted by Crippen LogP contribution is -2.36. The average Bonchev–Trinajstić information content (AvgIpc) is 2.38. The molecular weight excluding hydrogens is 232 g/mol. The second-order valence-electron chi connectivity index (χ2n) is 6.23. The third kappa shape index (κ3) is 7.97. The third-order valence-electron chi connectivity index (χ3n) is 4.49. The summed E-state index contributed by atoms with van der Waals surface area (Å²) in [5.41, 5.74) is -0.637. The maximum absolute atomic E-state index is 13.0. The Labute approximate surface area is 122 Å². The topological polar surface area (TPSA) is 19.9 Å². The van der Waals surface area contributed by atoms with Crippen LogP contribution in [0.5, 0.6) is 0 Å². The van der Waals surface area contributed by atoms with Gasteiger partial charge in [-0.25, -0.2) is 5.11 Å². The molecule has 1 unspecified atom stereocenters. The van der Waals surface area contributed by atoms with Gasteiger partial charge in [0.25, 0.3) is 0 Å². The number of hydrogen-bond donors (Lipinski definition) is 0. The van der Waals surface area contributed by atoms with Crippen LogP contribution in [0, 0.1) is 5.92 Å². The van der Waals surface area contributed by atoms with Crippen LogP contribution in [-0.2, 0) is 5.11 Å². The summed E-state index contributed by atoms with van der Waals surface area (Å²) in [6, 6.07) is 0. The maximum atomic E-state index is 13.0. The highest BCUT2D eigenvalue weighted by atomic mass is 16.3. The van der Waals surface area contributed by atoms with E-state index in [1.807, 2.05) is 0 Å². The van der Waals surface area contributed by atoms with E-state index < -0.39 is 5.60 Å². The van der Waals surface area contributed by atoms with E-state index in [0.717, 1.165) is 38.5 Å². The fourth-order valence-electron chi connectivity index (χ4n) is 3.39. The number of unbranched alkanes of at least 4 members (excludes halogenated alkanes) is 5. The Bertz CT molecular complexity index is 182. The van der Waals surface area contributed by atoms with Crippen molar-refractivity contribution < 1.29 is 5.11 Å². The molecule has 0 bridgehead atoms. The van der Waals surface area contributed by atoms with E-state index in [0.29, 0.717) is 5.92 Å². The van der Waals surface area contributed by atoms with Crippen molar-refractivity contribution >= 4 is 0 Å². The Morgan fingerprint density at radius 1 is 0.737 bits per heavy atom. The van der Waals surface area contributed by atoms with Gasteiger partial charge in [0.15, 0.2) is 0 Å². The zero-order valence-electron chi connectivity index (χ0n) is 14.0. The SMILES string of the molecule is CCCCCCCCC(CC)C([O])(CCC)CCC. The second-order valence-corrected chi connectivity index (χ2v) is 6.23. The van der Waals surface area contributed by atoms with Crippen LogP contribution in [0.15, 0.2) is 0 Å². The van der Waals surface area contributed by atoms with Gasteiger partial charge >= 0.3 is 0 Å². The van der Waals surface area contributed by atoms with Gasteiger partial charge in [0.2, 0.25) is 0 Å². The van der Waals surface area contributed by atoms with Crippen molar-refractivity contribution in [3.05, 3.63) is 0 Å². The molecule has 1 heteroatoms. The predicted octanol–water partition coefficient (Wildman–Crippen LogP) is 6.53. The molecule has 0 aromatic heterocycles. The van der Waals surface area contributed by atoms with Crippen molar-refractivity contribution in [2.45, 2.75) is 110 Å². The summed E-state index contributed by atoms with van der Waals surface area (Å²) in [6.45, 7) is 8.77. The minimum atomic E-state index is -0.637. The standard InChI is InChI=1S/C18H37O/c1-5-9-10-11-12-13-14-17(8-4)18(19,15-6-2)16-7-3/h17H,5-16H2,1-4H3. The summed E-state index contributed by atoms with van der Waals surface area (Å²) in [7, 11) is 0. The van der Waals surface area contributed by atoms with E-state index in [4.69, 9.17) is 0 Å². The summed E-state index contributed by atoms with van der Waals surface area (Å²) in [4.78, 5) is 0. The van der Waals surface area contributed by atoms with Gasteiger partial charge in [0.05, 0.1) is 0 Å². The molecule has 0 saturated heterocycles. The second kappa shape index (κ2) is 11.8. The highest BCUT2D eigenvalue weighted by Crippen LogP contribution is 2.35. The molecule has 0 amide bonds. The monoisotopic (exact) mass is 269 g/mol. The Kier molecular flexibility index (Phi) is 11.7. The van der Waals surface area contributed by atoms with Gasteiger partial charge in [0, 0.05) is 0 Å². The Hall–Kier alpha value is -0.0400. The van der Waals surface area contributed by atoms with Gasteiger partial charge in [-0.15, -0.1) is 0 Å². The first-order chi connectivity index (χ1) is 9.14. The highest BCUT2D eigenvalue weighted by Gasteiger charge is 2.35. The average molecular weight is 269 g/mol. The lowest BCUT2D eigenvalue weighted by atomic mass is 9.76. The van der Waals surface area contributed by atoms with Crippen molar-refractivity contribution in [1.29, 1.82) is 0 Å². The fourth-order valence-corrected chi connectivity index (χ4v) is 3.39. The Morgan fingerprint density at radius 3 is 1.74 bits per heavy atom. The van der Waals surface area contributed by atoms with Gasteiger partial charge in [-0.3, -0.25) is 0 Å². The highest BCUT2D eigenvalue weighted by molar-refractivity contribution is 4.84. The van der Waals surface area contributed by atoms with Crippen molar-refractivity contribution in [2.24, 2.45) is 5.92 Å². The molecule has 0 aliphatic carbocycles. The molecule has 19 heavy (non-hydrogen) atoms. The predicted molar refractivity (Wildman–Crippen MR) is 85.0 cm³/mol. The zero-order valence-corrected chi connectivity index (χ0v) is 14.0. The fraction of sp³-hybridized carbons (Fsp3) is 1.00. The Balaban J connectivity index is 4.07. The molecule has 0 heterocycles. The molecule has 1 nitrogen and oxygen atoms in total. The van der Waals surface area contributed by atoms with Crippen molar-refractivity contribution in [2.75, 3.05) is 0 Å². The van der Waals surface area contributed by atoms with Crippen LogP contribution in [-0.4, -0.2) is 5.60 Å². The summed E-state index contributed by atoms with van der Waals surface area (Å²) < 4.78 is 0. The van der Waals surface area contributed by atoms with Gasteiger partial charge in [-0.1, -0.05) is 85.5 Å². The van der Waals surface area contributed by atoms with Gasteiger partial charge < -0.3 is 0 Å². The van der Waals surface area contributed by atoms with Gasteiger partial charge in [-0.2, -0.15) is 0 Å². The largest absolute Gasteiger partial charge is 0.229 e. The van der Waals surface area contributed by atoms with Gasteiger partial charge in [-0.05, 0) is 25.2 Å². The molecule has 0 aromatic rings. The molecule has 115 valence electrons. The third-order valence-corrected chi connectivity index (χ3v) is 4.49. The van der Waals surface area contributed by atoms with E-state index in [1.165, 1.54) is 38.5 Å². The van der Waals surface area contributed by atoms with Crippen LogP contribution < -0.4 is 0 Å². The maximum Gasteiger partial charge on any atom is 0.106 e. The van der Waals surface area contributed by atoms with E-state index in [-0.39, 0.29) is 0 Å². The summed E-state index contributed by atoms with van der Waals surface area (Å²) >= 11 is 0. The van der Waals surface area contributed by atoms with Crippen molar-refractivity contribution in [3.63, 3.8) is 0 Å². The lowest BCUT2D eigenvalue weighted by molar-refractivity contribution is -0.0959. The lowest BCUT2D eigenvalue weighted by Gasteiger charge is -2.33. The minimum absolute atomic E-state index is 0.401.